The van der Waals surface area contributed by atoms with Crippen molar-refractivity contribution in [1.82, 2.24) is 25.0 Å². The molecule has 0 atom stereocenters. The third-order valence-corrected chi connectivity index (χ3v) is 6.67. The van der Waals surface area contributed by atoms with Gasteiger partial charge in [0.05, 0.1) is 5.69 Å². The Labute approximate surface area is 195 Å². The Morgan fingerprint density at radius 2 is 1.70 bits per heavy atom. The number of carbonyl (C=O) groups excluding carboxylic acids is 2. The van der Waals surface area contributed by atoms with Crippen molar-refractivity contribution in [2.45, 2.75) is 59.4 Å². The first-order valence-corrected chi connectivity index (χ1v) is 11.8. The second-order valence-corrected chi connectivity index (χ2v) is 9.03. The highest BCUT2D eigenvalue weighted by atomic mass is 16.2. The second kappa shape index (κ2) is 9.73. The van der Waals surface area contributed by atoms with Gasteiger partial charge in [-0.3, -0.25) is 14.3 Å². The molecule has 0 saturated carbocycles. The van der Waals surface area contributed by atoms with Crippen LogP contribution in [0.5, 0.6) is 0 Å². The molecule has 1 aliphatic rings. The number of likely N-dealkylation sites (tertiary alicyclic amines) is 1. The monoisotopic (exact) mass is 447 g/mol. The van der Waals surface area contributed by atoms with E-state index >= 15 is 0 Å². The fraction of sp³-hybridized carbons (Fsp3) is 0.462. The molecule has 1 saturated heterocycles. The molecule has 1 aliphatic heterocycles. The summed E-state index contributed by atoms with van der Waals surface area (Å²) in [5, 5.41) is 8.57. The zero-order valence-corrected chi connectivity index (χ0v) is 20.1. The molecule has 2 aromatic heterocycles. The molecule has 1 N–H and O–H groups in total. The minimum absolute atomic E-state index is 0.00488. The van der Waals surface area contributed by atoms with Crippen LogP contribution in [0.3, 0.4) is 0 Å². The summed E-state index contributed by atoms with van der Waals surface area (Å²) in [6.07, 6.45) is 4.42. The van der Waals surface area contributed by atoms with Gasteiger partial charge in [-0.05, 0) is 75.3 Å². The number of rotatable bonds is 6. The van der Waals surface area contributed by atoms with Gasteiger partial charge in [0.25, 0.3) is 5.91 Å². The number of aryl methyl sites for hydroxylation is 4. The molecule has 0 aliphatic carbocycles. The fourth-order valence-electron chi connectivity index (χ4n) is 4.80. The summed E-state index contributed by atoms with van der Waals surface area (Å²) in [6.45, 7) is 8.22. The van der Waals surface area contributed by atoms with Gasteiger partial charge in [-0.1, -0.05) is 12.1 Å². The molecule has 0 bridgehead atoms. The Kier molecular flexibility index (Phi) is 6.77. The van der Waals surface area contributed by atoms with Gasteiger partial charge >= 0.3 is 0 Å². The largest absolute Gasteiger partial charge is 0.352 e. The minimum Gasteiger partial charge on any atom is -0.352 e. The van der Waals surface area contributed by atoms with E-state index in [1.807, 2.05) is 54.7 Å². The van der Waals surface area contributed by atoms with Gasteiger partial charge in [-0.2, -0.15) is 5.10 Å². The summed E-state index contributed by atoms with van der Waals surface area (Å²) in [5.74, 6) is 0.107. The van der Waals surface area contributed by atoms with E-state index in [0.29, 0.717) is 24.9 Å². The van der Waals surface area contributed by atoms with Gasteiger partial charge in [-0.15, -0.1) is 0 Å². The van der Waals surface area contributed by atoms with E-state index < -0.39 is 0 Å². The summed E-state index contributed by atoms with van der Waals surface area (Å²) < 4.78 is 1.81. The molecule has 0 unspecified atom stereocenters. The van der Waals surface area contributed by atoms with Crippen LogP contribution in [-0.2, 0) is 24.8 Å². The molecule has 0 radical (unpaired) electrons. The zero-order valence-electron chi connectivity index (χ0n) is 20.1. The lowest BCUT2D eigenvalue weighted by molar-refractivity contribution is -0.121. The smallest absolute Gasteiger partial charge is 0.253 e. The van der Waals surface area contributed by atoms with Crippen molar-refractivity contribution in [2.75, 3.05) is 13.1 Å². The predicted molar refractivity (Wildman–Crippen MR) is 129 cm³/mol. The van der Waals surface area contributed by atoms with Crippen molar-refractivity contribution in [1.29, 1.82) is 0 Å². The van der Waals surface area contributed by atoms with Gasteiger partial charge in [0.1, 0.15) is 0 Å². The van der Waals surface area contributed by atoms with Crippen LogP contribution in [0, 0.1) is 20.8 Å². The molecule has 7 nitrogen and oxygen atoms in total. The van der Waals surface area contributed by atoms with Crippen LogP contribution in [0.4, 0.5) is 0 Å². The molecular weight excluding hydrogens is 414 g/mol. The number of nitrogens with zero attached hydrogens (tertiary/aromatic N) is 4. The van der Waals surface area contributed by atoms with E-state index in [1.54, 1.807) is 0 Å². The number of hydrogen-bond acceptors (Lipinski definition) is 4. The number of nitrogens with one attached hydrogen (secondary N) is 1. The third-order valence-electron chi connectivity index (χ3n) is 6.67. The fourth-order valence-corrected chi connectivity index (χ4v) is 4.80. The molecule has 0 spiro atoms. The Morgan fingerprint density at radius 1 is 1.00 bits per heavy atom. The predicted octanol–water partition coefficient (Wildman–Crippen LogP) is 3.77. The molecule has 1 aromatic carbocycles. The lowest BCUT2D eigenvalue weighted by Crippen LogP contribution is -2.35. The summed E-state index contributed by atoms with van der Waals surface area (Å²) in [4.78, 5) is 31.8. The van der Waals surface area contributed by atoms with E-state index in [4.69, 9.17) is 4.98 Å². The summed E-state index contributed by atoms with van der Waals surface area (Å²) >= 11 is 0. The summed E-state index contributed by atoms with van der Waals surface area (Å²) in [7, 11) is 1.91. The molecule has 174 valence electrons. The van der Waals surface area contributed by atoms with Gasteiger partial charge in [-0.25, -0.2) is 4.98 Å². The maximum atomic E-state index is 12.6. The number of hydrogen-bond donors (Lipinski definition) is 1. The van der Waals surface area contributed by atoms with E-state index in [-0.39, 0.29) is 11.8 Å². The Hall–Kier alpha value is -3.22. The van der Waals surface area contributed by atoms with E-state index in [9.17, 15) is 9.59 Å². The first-order chi connectivity index (χ1) is 15.8. The van der Waals surface area contributed by atoms with Gasteiger partial charge in [0.2, 0.25) is 5.91 Å². The van der Waals surface area contributed by atoms with Crippen LogP contribution in [-0.4, -0.2) is 44.6 Å². The number of aromatic nitrogens is 3. The molecule has 3 heterocycles. The van der Waals surface area contributed by atoms with Gasteiger partial charge in [0.15, 0.2) is 5.65 Å². The standard InChI is InChI=1S/C26H33N5O2/c1-17-22(18(2)28-25-24(17)19(3)29-30(25)4)12-13-23(32)27-16-20-8-10-21(11-9-20)26(33)31-14-6-5-7-15-31/h8-11H,5-7,12-16H2,1-4H3,(H,27,32). The SMILES string of the molecule is Cc1nc2c(c(C)nn2C)c(C)c1CCC(=O)NCc1ccc(C(=O)N2CCCCC2)cc1. The maximum Gasteiger partial charge on any atom is 0.253 e. The molecule has 33 heavy (non-hydrogen) atoms. The van der Waals surface area contributed by atoms with Crippen molar-refractivity contribution >= 4 is 22.8 Å². The van der Waals surface area contributed by atoms with Crippen LogP contribution in [0.15, 0.2) is 24.3 Å². The average Bonchev–Trinajstić information content (AvgIpc) is 3.10. The van der Waals surface area contributed by atoms with E-state index in [2.05, 4.69) is 17.3 Å². The number of carbonyl (C=O) groups is 2. The molecule has 7 heteroatoms. The summed E-state index contributed by atoms with van der Waals surface area (Å²) in [5.41, 5.74) is 6.78. The third kappa shape index (κ3) is 4.92. The van der Waals surface area contributed by atoms with Crippen LogP contribution >= 0.6 is 0 Å². The van der Waals surface area contributed by atoms with Crippen LogP contribution in [0.2, 0.25) is 0 Å². The van der Waals surface area contributed by atoms with Crippen LogP contribution < -0.4 is 5.32 Å². The first-order valence-electron chi connectivity index (χ1n) is 11.8. The lowest BCUT2D eigenvalue weighted by atomic mass is 9.99. The highest BCUT2D eigenvalue weighted by Crippen LogP contribution is 2.26. The lowest BCUT2D eigenvalue weighted by Gasteiger charge is -2.26. The number of benzene rings is 1. The molecule has 2 amide bonds. The van der Waals surface area contributed by atoms with Crippen molar-refractivity contribution < 1.29 is 9.59 Å². The normalized spacial score (nSPS) is 14.0. The highest BCUT2D eigenvalue weighted by molar-refractivity contribution is 5.94. The molecule has 3 aromatic rings. The molecule has 1 fully saturated rings. The Balaban J connectivity index is 1.33. The maximum absolute atomic E-state index is 12.6. The number of amides is 2. The number of piperidine rings is 1. The Bertz CT molecular complexity index is 1170. The quantitative estimate of drug-likeness (QED) is 0.624. The zero-order chi connectivity index (χ0) is 23.5. The first kappa shape index (κ1) is 23.0. The van der Waals surface area contributed by atoms with Gasteiger partial charge in [0, 0.05) is 49.7 Å². The van der Waals surface area contributed by atoms with E-state index in [1.165, 1.54) is 6.42 Å². The molecular formula is C26H33N5O2. The number of fused-ring (bicyclic) bond motifs is 1. The Morgan fingerprint density at radius 3 is 2.39 bits per heavy atom. The minimum atomic E-state index is 0.00488. The van der Waals surface area contributed by atoms with Crippen LogP contribution in [0.25, 0.3) is 11.0 Å². The van der Waals surface area contributed by atoms with Crippen molar-refractivity contribution in [3.8, 4) is 0 Å². The summed E-state index contributed by atoms with van der Waals surface area (Å²) in [6, 6.07) is 7.58. The average molecular weight is 448 g/mol. The van der Waals surface area contributed by atoms with E-state index in [0.717, 1.165) is 65.0 Å². The van der Waals surface area contributed by atoms with Crippen molar-refractivity contribution in [2.24, 2.45) is 7.05 Å². The van der Waals surface area contributed by atoms with Crippen molar-refractivity contribution in [3.63, 3.8) is 0 Å². The van der Waals surface area contributed by atoms with Gasteiger partial charge < -0.3 is 10.2 Å². The second-order valence-electron chi connectivity index (χ2n) is 9.03. The van der Waals surface area contributed by atoms with Crippen molar-refractivity contribution in [3.05, 3.63) is 57.9 Å². The van der Waals surface area contributed by atoms with Crippen LogP contribution in [0.1, 0.15) is 64.1 Å². The highest BCUT2D eigenvalue weighted by Gasteiger charge is 2.18. The topological polar surface area (TPSA) is 80.1 Å². The number of pyridine rings is 1. The molecule has 4 rings (SSSR count).